The first-order valence-corrected chi connectivity index (χ1v) is 13.0. The molecule has 0 saturated carbocycles. The van der Waals surface area contributed by atoms with Gasteiger partial charge in [-0.25, -0.2) is 4.68 Å². The van der Waals surface area contributed by atoms with E-state index in [4.69, 9.17) is 4.74 Å². The highest BCUT2D eigenvalue weighted by Crippen LogP contribution is 2.33. The van der Waals surface area contributed by atoms with Gasteiger partial charge in [0.1, 0.15) is 0 Å². The van der Waals surface area contributed by atoms with Crippen LogP contribution in [-0.4, -0.2) is 57.9 Å². The molecule has 3 aromatic rings. The lowest BCUT2D eigenvalue weighted by Gasteiger charge is -2.34. The minimum Gasteiger partial charge on any atom is -0.387 e. The molecule has 2 amide bonds. The van der Waals surface area contributed by atoms with Crippen LogP contribution < -0.4 is 5.32 Å². The molecule has 2 saturated heterocycles. The van der Waals surface area contributed by atoms with Crippen molar-refractivity contribution in [3.05, 3.63) is 64.6 Å². The average molecular weight is 495 g/mol. The number of aromatic nitrogens is 2. The number of benzene rings is 1. The van der Waals surface area contributed by atoms with Gasteiger partial charge in [0.15, 0.2) is 0 Å². The second kappa shape index (κ2) is 10.7. The number of aliphatic hydroxyl groups excluding tert-OH is 1. The van der Waals surface area contributed by atoms with Crippen molar-refractivity contribution in [2.75, 3.05) is 31.6 Å². The number of anilines is 1. The van der Waals surface area contributed by atoms with Gasteiger partial charge >= 0.3 is 0 Å². The Labute approximate surface area is 208 Å². The number of nitrogens with zero attached hydrogens (tertiary/aromatic N) is 3. The van der Waals surface area contributed by atoms with Gasteiger partial charge in [-0.05, 0) is 67.3 Å². The van der Waals surface area contributed by atoms with Gasteiger partial charge in [0.05, 0.1) is 29.9 Å². The maximum Gasteiger partial charge on any atom is 0.253 e. The Bertz CT molecular complexity index is 1130. The molecule has 1 unspecified atom stereocenters. The molecule has 35 heavy (non-hydrogen) atoms. The first-order valence-electron chi connectivity index (χ1n) is 12.1. The molecule has 2 aliphatic heterocycles. The molecule has 0 bridgehead atoms. The predicted octanol–water partition coefficient (Wildman–Crippen LogP) is 3.88. The molecule has 0 spiro atoms. The normalized spacial score (nSPS) is 18.4. The maximum absolute atomic E-state index is 13.0. The Morgan fingerprint density at radius 3 is 2.51 bits per heavy atom. The number of hydrogen-bond donors (Lipinski definition) is 2. The number of thiophene rings is 1. The van der Waals surface area contributed by atoms with E-state index in [9.17, 15) is 14.7 Å². The van der Waals surface area contributed by atoms with Gasteiger partial charge in [-0.3, -0.25) is 9.59 Å². The first-order chi connectivity index (χ1) is 17.1. The summed E-state index contributed by atoms with van der Waals surface area (Å²) < 4.78 is 7.01. The van der Waals surface area contributed by atoms with E-state index in [1.165, 1.54) is 0 Å². The lowest BCUT2D eigenvalue weighted by atomic mass is 9.90. The number of aliphatic hydroxyl groups is 1. The van der Waals surface area contributed by atoms with Gasteiger partial charge in [-0.2, -0.15) is 5.10 Å². The van der Waals surface area contributed by atoms with Crippen molar-refractivity contribution in [3.63, 3.8) is 0 Å². The van der Waals surface area contributed by atoms with Gasteiger partial charge in [-0.1, -0.05) is 6.07 Å². The minimum atomic E-state index is -0.452. The van der Waals surface area contributed by atoms with E-state index >= 15 is 0 Å². The quantitative estimate of drug-likeness (QED) is 0.542. The summed E-state index contributed by atoms with van der Waals surface area (Å²) in [4.78, 5) is 28.3. The molecule has 2 N–H and O–H groups in total. The van der Waals surface area contributed by atoms with E-state index < -0.39 is 6.10 Å². The molecule has 5 rings (SSSR count). The summed E-state index contributed by atoms with van der Waals surface area (Å²) in [6.07, 6.45) is 6.01. The monoisotopic (exact) mass is 494 g/mol. The van der Waals surface area contributed by atoms with Gasteiger partial charge < -0.3 is 20.1 Å². The molecule has 4 heterocycles. The molecular weight excluding hydrogens is 464 g/mol. The number of piperidine rings is 1. The fraction of sp³-hybridized carbons (Fsp3) is 0.423. The molecule has 0 radical (unpaired) electrons. The molecule has 2 aliphatic rings. The summed E-state index contributed by atoms with van der Waals surface area (Å²) in [5, 5.41) is 19.9. The topological polar surface area (TPSA) is 96.7 Å². The van der Waals surface area contributed by atoms with E-state index in [1.54, 1.807) is 28.4 Å². The number of hydrogen-bond acceptors (Lipinski definition) is 6. The SMILES string of the molecule is O=C(Nc1cnn(-c2ccc(C(=O)N3CCC(C(O)c4cccs4)CC3)cc2)c1)C1CCOCC1. The van der Waals surface area contributed by atoms with Crippen LogP contribution >= 0.6 is 11.3 Å². The fourth-order valence-electron chi connectivity index (χ4n) is 4.78. The summed E-state index contributed by atoms with van der Waals surface area (Å²) in [6.45, 7) is 2.53. The van der Waals surface area contributed by atoms with Crippen molar-refractivity contribution in [1.29, 1.82) is 0 Å². The van der Waals surface area contributed by atoms with Crippen LogP contribution in [-0.2, 0) is 9.53 Å². The molecule has 2 aromatic heterocycles. The van der Waals surface area contributed by atoms with Crippen molar-refractivity contribution in [2.45, 2.75) is 31.8 Å². The Kier molecular flexibility index (Phi) is 7.26. The molecule has 1 aromatic carbocycles. The Hall–Kier alpha value is -3.01. The van der Waals surface area contributed by atoms with Crippen LogP contribution in [0.25, 0.3) is 5.69 Å². The van der Waals surface area contributed by atoms with Crippen LogP contribution in [0.2, 0.25) is 0 Å². The zero-order chi connectivity index (χ0) is 24.2. The Morgan fingerprint density at radius 2 is 1.83 bits per heavy atom. The molecule has 1 atom stereocenters. The second-order valence-corrected chi connectivity index (χ2v) is 10.2. The van der Waals surface area contributed by atoms with Crippen LogP contribution in [0.5, 0.6) is 0 Å². The molecule has 9 heteroatoms. The third-order valence-corrected chi connectivity index (χ3v) is 7.87. The van der Waals surface area contributed by atoms with E-state index in [0.717, 1.165) is 36.2 Å². The molecular formula is C26H30N4O4S. The van der Waals surface area contributed by atoms with Crippen LogP contribution in [0.3, 0.4) is 0 Å². The van der Waals surface area contributed by atoms with E-state index in [-0.39, 0.29) is 23.7 Å². The average Bonchev–Trinajstić information content (AvgIpc) is 3.61. The van der Waals surface area contributed by atoms with Crippen LogP contribution in [0, 0.1) is 11.8 Å². The van der Waals surface area contributed by atoms with Gasteiger partial charge in [0.25, 0.3) is 5.91 Å². The largest absolute Gasteiger partial charge is 0.387 e. The van der Waals surface area contributed by atoms with Crippen molar-refractivity contribution in [1.82, 2.24) is 14.7 Å². The lowest BCUT2D eigenvalue weighted by Crippen LogP contribution is -2.39. The summed E-state index contributed by atoms with van der Waals surface area (Å²) in [5.41, 5.74) is 2.09. The number of likely N-dealkylation sites (tertiary alicyclic amines) is 1. The molecule has 0 aliphatic carbocycles. The van der Waals surface area contributed by atoms with Crippen molar-refractivity contribution >= 4 is 28.8 Å². The van der Waals surface area contributed by atoms with Gasteiger partial charge in [-0.15, -0.1) is 11.3 Å². The highest BCUT2D eigenvalue weighted by Gasteiger charge is 2.29. The standard InChI is InChI=1S/C26H30N4O4S/c31-24(23-2-1-15-35-23)18-7-11-29(12-8-18)26(33)20-3-5-22(6-4-20)30-17-21(16-27-30)28-25(32)19-9-13-34-14-10-19/h1-6,15-19,24,31H,7-14H2,(H,28,32). The predicted molar refractivity (Wildman–Crippen MR) is 134 cm³/mol. The number of carbonyl (C=O) groups excluding carboxylic acids is 2. The molecule has 184 valence electrons. The fourth-order valence-corrected chi connectivity index (χ4v) is 5.59. The third kappa shape index (κ3) is 5.47. The van der Waals surface area contributed by atoms with E-state index in [1.807, 2.05) is 46.7 Å². The number of rotatable bonds is 6. The summed E-state index contributed by atoms with van der Waals surface area (Å²) in [6, 6.07) is 11.3. The number of amides is 2. The zero-order valence-corrected chi connectivity index (χ0v) is 20.3. The summed E-state index contributed by atoms with van der Waals surface area (Å²) in [7, 11) is 0. The van der Waals surface area contributed by atoms with Crippen molar-refractivity contribution < 1.29 is 19.4 Å². The minimum absolute atomic E-state index is 0.000438. The van der Waals surface area contributed by atoms with E-state index in [0.29, 0.717) is 37.6 Å². The smallest absolute Gasteiger partial charge is 0.253 e. The van der Waals surface area contributed by atoms with E-state index in [2.05, 4.69) is 10.4 Å². The number of carbonyl (C=O) groups is 2. The Morgan fingerprint density at radius 1 is 1.09 bits per heavy atom. The first kappa shape index (κ1) is 23.7. The van der Waals surface area contributed by atoms with Gasteiger partial charge in [0.2, 0.25) is 5.91 Å². The second-order valence-electron chi connectivity index (χ2n) is 9.19. The summed E-state index contributed by atoms with van der Waals surface area (Å²) >= 11 is 1.58. The lowest BCUT2D eigenvalue weighted by molar-refractivity contribution is -0.122. The number of ether oxygens (including phenoxy) is 1. The zero-order valence-electron chi connectivity index (χ0n) is 19.5. The van der Waals surface area contributed by atoms with Crippen LogP contribution in [0.15, 0.2) is 54.2 Å². The number of nitrogens with one attached hydrogen (secondary N) is 1. The maximum atomic E-state index is 13.0. The highest BCUT2D eigenvalue weighted by molar-refractivity contribution is 7.10. The van der Waals surface area contributed by atoms with Crippen molar-refractivity contribution in [3.8, 4) is 5.69 Å². The third-order valence-electron chi connectivity index (χ3n) is 6.93. The van der Waals surface area contributed by atoms with Crippen molar-refractivity contribution in [2.24, 2.45) is 11.8 Å². The molecule has 8 nitrogen and oxygen atoms in total. The highest BCUT2D eigenvalue weighted by atomic mass is 32.1. The molecule has 2 fully saturated rings. The summed E-state index contributed by atoms with van der Waals surface area (Å²) in [5.74, 6) is 0.161. The van der Waals surface area contributed by atoms with Crippen LogP contribution in [0.1, 0.15) is 47.0 Å². The Balaban J connectivity index is 1.16. The van der Waals surface area contributed by atoms with Crippen LogP contribution in [0.4, 0.5) is 5.69 Å². The van der Waals surface area contributed by atoms with Gasteiger partial charge in [0, 0.05) is 42.7 Å².